The molecule has 0 saturated carbocycles. The molecule has 2 rings (SSSR count). The summed E-state index contributed by atoms with van der Waals surface area (Å²) in [4.78, 5) is 24.6. The van der Waals surface area contributed by atoms with Crippen LogP contribution >= 0.6 is 11.3 Å². The summed E-state index contributed by atoms with van der Waals surface area (Å²) in [6.07, 6.45) is 0. The van der Waals surface area contributed by atoms with Crippen LogP contribution in [-0.2, 0) is 4.79 Å². The number of hydrogen-bond donors (Lipinski definition) is 2. The molecule has 0 bridgehead atoms. The highest BCUT2D eigenvalue weighted by atomic mass is 32.1. The molecule has 1 aromatic carbocycles. The molecule has 1 heterocycles. The lowest BCUT2D eigenvalue weighted by Gasteiger charge is -2.15. The predicted molar refractivity (Wildman–Crippen MR) is 85.8 cm³/mol. The first-order valence-corrected chi connectivity index (χ1v) is 7.58. The Morgan fingerprint density at radius 2 is 1.95 bits per heavy atom. The fraction of sp³-hybridized carbons (Fsp3) is 0.250. The van der Waals surface area contributed by atoms with Crippen LogP contribution in [0.4, 0.5) is 5.69 Å². The second kappa shape index (κ2) is 6.54. The molecule has 1 unspecified atom stereocenters. The third kappa shape index (κ3) is 3.92. The van der Waals surface area contributed by atoms with Crippen molar-refractivity contribution >= 4 is 28.8 Å². The minimum absolute atomic E-state index is 0.228. The molecule has 0 spiro atoms. The molecule has 0 radical (unpaired) electrons. The monoisotopic (exact) mass is 302 g/mol. The molecule has 110 valence electrons. The fourth-order valence-electron chi connectivity index (χ4n) is 1.94. The summed E-state index contributed by atoms with van der Waals surface area (Å²) in [5.74, 6) is -0.458. The van der Waals surface area contributed by atoms with Gasteiger partial charge in [0.1, 0.15) is 6.04 Å². The minimum Gasteiger partial charge on any atom is -0.340 e. The van der Waals surface area contributed by atoms with Gasteiger partial charge in [0, 0.05) is 5.69 Å². The highest BCUT2D eigenvalue weighted by molar-refractivity contribution is 7.12. The zero-order valence-electron chi connectivity index (χ0n) is 12.3. The second-order valence-electron chi connectivity index (χ2n) is 4.98. The van der Waals surface area contributed by atoms with E-state index in [1.165, 1.54) is 11.3 Å². The average molecular weight is 302 g/mol. The number of carbonyl (C=O) groups is 2. The Hall–Kier alpha value is -2.14. The molecule has 0 aliphatic heterocycles. The van der Waals surface area contributed by atoms with Gasteiger partial charge in [-0.25, -0.2) is 0 Å². The maximum Gasteiger partial charge on any atom is 0.261 e. The van der Waals surface area contributed by atoms with Crippen LogP contribution in [0.2, 0.25) is 0 Å². The third-order valence-electron chi connectivity index (χ3n) is 3.13. The molecule has 2 aromatic rings. The number of benzene rings is 1. The van der Waals surface area contributed by atoms with Crippen LogP contribution < -0.4 is 10.6 Å². The molecule has 2 amide bonds. The second-order valence-corrected chi connectivity index (χ2v) is 5.93. The first-order chi connectivity index (χ1) is 9.97. The van der Waals surface area contributed by atoms with E-state index in [0.29, 0.717) is 4.88 Å². The Morgan fingerprint density at radius 1 is 1.19 bits per heavy atom. The van der Waals surface area contributed by atoms with Gasteiger partial charge in [0.2, 0.25) is 5.91 Å². The van der Waals surface area contributed by atoms with Gasteiger partial charge in [-0.15, -0.1) is 11.3 Å². The molecular formula is C16H18N2O2S. The van der Waals surface area contributed by atoms with E-state index in [4.69, 9.17) is 0 Å². The normalized spacial score (nSPS) is 11.8. The van der Waals surface area contributed by atoms with Crippen LogP contribution in [0.15, 0.2) is 35.7 Å². The van der Waals surface area contributed by atoms with Crippen molar-refractivity contribution in [2.45, 2.75) is 26.8 Å². The summed E-state index contributed by atoms with van der Waals surface area (Å²) in [6.45, 7) is 5.62. The summed E-state index contributed by atoms with van der Waals surface area (Å²) in [5, 5.41) is 7.36. The van der Waals surface area contributed by atoms with Gasteiger partial charge < -0.3 is 10.6 Å². The molecular weight excluding hydrogens is 284 g/mol. The van der Waals surface area contributed by atoms with Crippen LogP contribution in [0, 0.1) is 13.8 Å². The number of thiophene rings is 1. The van der Waals surface area contributed by atoms with Crippen molar-refractivity contribution in [1.29, 1.82) is 0 Å². The Morgan fingerprint density at radius 3 is 2.57 bits per heavy atom. The van der Waals surface area contributed by atoms with E-state index >= 15 is 0 Å². The number of anilines is 1. The molecule has 1 aromatic heterocycles. The quantitative estimate of drug-likeness (QED) is 0.911. The number of rotatable bonds is 4. The maximum absolute atomic E-state index is 12.1. The Balaban J connectivity index is 1.98. The summed E-state index contributed by atoms with van der Waals surface area (Å²) in [6, 6.07) is 8.76. The Bertz CT molecular complexity index is 650. The molecule has 0 aliphatic carbocycles. The molecule has 0 aliphatic rings. The van der Waals surface area contributed by atoms with Crippen molar-refractivity contribution < 1.29 is 9.59 Å². The van der Waals surface area contributed by atoms with Gasteiger partial charge in [0.25, 0.3) is 5.91 Å². The number of amides is 2. The van der Waals surface area contributed by atoms with Gasteiger partial charge in [0.05, 0.1) is 4.88 Å². The van der Waals surface area contributed by atoms with E-state index in [0.717, 1.165) is 16.8 Å². The number of carbonyl (C=O) groups excluding carboxylic acids is 2. The van der Waals surface area contributed by atoms with Gasteiger partial charge >= 0.3 is 0 Å². The lowest BCUT2D eigenvalue weighted by Crippen LogP contribution is -2.41. The van der Waals surface area contributed by atoms with Crippen LogP contribution in [-0.4, -0.2) is 17.9 Å². The number of hydrogen-bond acceptors (Lipinski definition) is 3. The van der Waals surface area contributed by atoms with Gasteiger partial charge in [-0.3, -0.25) is 9.59 Å². The third-order valence-corrected chi connectivity index (χ3v) is 3.99. The van der Waals surface area contributed by atoms with Crippen molar-refractivity contribution in [2.75, 3.05) is 5.32 Å². The molecule has 5 heteroatoms. The zero-order valence-corrected chi connectivity index (χ0v) is 13.1. The lowest BCUT2D eigenvalue weighted by molar-refractivity contribution is -0.117. The summed E-state index contributed by atoms with van der Waals surface area (Å²) >= 11 is 1.35. The number of aryl methyl sites for hydroxylation is 2. The largest absolute Gasteiger partial charge is 0.340 e. The minimum atomic E-state index is -0.597. The van der Waals surface area contributed by atoms with Crippen LogP contribution in [0.3, 0.4) is 0 Å². The van der Waals surface area contributed by atoms with E-state index in [1.54, 1.807) is 19.1 Å². The van der Waals surface area contributed by atoms with E-state index in [2.05, 4.69) is 10.6 Å². The van der Waals surface area contributed by atoms with Crippen molar-refractivity contribution in [1.82, 2.24) is 5.32 Å². The summed E-state index contributed by atoms with van der Waals surface area (Å²) in [7, 11) is 0. The Kier molecular flexibility index (Phi) is 4.75. The van der Waals surface area contributed by atoms with E-state index in [1.807, 2.05) is 37.4 Å². The van der Waals surface area contributed by atoms with Crippen LogP contribution in [0.5, 0.6) is 0 Å². The summed E-state index contributed by atoms with van der Waals surface area (Å²) < 4.78 is 0. The topological polar surface area (TPSA) is 58.2 Å². The molecule has 0 fully saturated rings. The molecule has 1 atom stereocenters. The highest BCUT2D eigenvalue weighted by Crippen LogP contribution is 2.16. The van der Waals surface area contributed by atoms with Crippen LogP contribution in [0.1, 0.15) is 27.7 Å². The fourth-order valence-corrected chi connectivity index (χ4v) is 2.56. The SMILES string of the molecule is Cc1ccc(NC(=O)C(C)NC(=O)c2cccs2)c(C)c1. The maximum atomic E-state index is 12.1. The average Bonchev–Trinajstić information content (AvgIpc) is 2.95. The van der Waals surface area contributed by atoms with E-state index in [9.17, 15) is 9.59 Å². The van der Waals surface area contributed by atoms with Gasteiger partial charge in [-0.05, 0) is 43.8 Å². The van der Waals surface area contributed by atoms with E-state index in [-0.39, 0.29) is 11.8 Å². The van der Waals surface area contributed by atoms with Crippen molar-refractivity contribution in [3.8, 4) is 0 Å². The summed E-state index contributed by atoms with van der Waals surface area (Å²) in [5.41, 5.74) is 2.91. The van der Waals surface area contributed by atoms with E-state index < -0.39 is 6.04 Å². The number of nitrogens with one attached hydrogen (secondary N) is 2. The standard InChI is InChI=1S/C16H18N2O2S/c1-10-6-7-13(11(2)9-10)18-15(19)12(3)17-16(20)14-5-4-8-21-14/h4-9,12H,1-3H3,(H,17,20)(H,18,19). The smallest absolute Gasteiger partial charge is 0.261 e. The predicted octanol–water partition coefficient (Wildman–Crippen LogP) is 3.12. The molecule has 0 saturated heterocycles. The van der Waals surface area contributed by atoms with Gasteiger partial charge in [-0.2, -0.15) is 0 Å². The lowest BCUT2D eigenvalue weighted by atomic mass is 10.1. The van der Waals surface area contributed by atoms with Crippen molar-refractivity contribution in [3.63, 3.8) is 0 Å². The first kappa shape index (κ1) is 15.3. The van der Waals surface area contributed by atoms with Gasteiger partial charge in [0.15, 0.2) is 0 Å². The zero-order chi connectivity index (χ0) is 15.4. The first-order valence-electron chi connectivity index (χ1n) is 6.70. The molecule has 2 N–H and O–H groups in total. The Labute approximate surface area is 128 Å². The van der Waals surface area contributed by atoms with Crippen molar-refractivity contribution in [2.24, 2.45) is 0 Å². The van der Waals surface area contributed by atoms with Gasteiger partial charge in [-0.1, -0.05) is 23.8 Å². The molecule has 21 heavy (non-hydrogen) atoms. The van der Waals surface area contributed by atoms with Crippen LogP contribution in [0.25, 0.3) is 0 Å². The van der Waals surface area contributed by atoms with Crippen molar-refractivity contribution in [3.05, 3.63) is 51.7 Å². The highest BCUT2D eigenvalue weighted by Gasteiger charge is 2.17. The molecule has 4 nitrogen and oxygen atoms in total.